The Balaban J connectivity index is 2.03. The van der Waals surface area contributed by atoms with Gasteiger partial charge in [0.15, 0.2) is 0 Å². The van der Waals surface area contributed by atoms with Crippen LogP contribution in [0.15, 0.2) is 83.8 Å². The molecule has 0 fully saturated rings. The number of anilines is 1. The van der Waals surface area contributed by atoms with Crippen molar-refractivity contribution in [2.24, 2.45) is 0 Å². The molecule has 3 aromatic rings. The Morgan fingerprint density at radius 2 is 1.63 bits per heavy atom. The molecule has 0 saturated carbocycles. The number of aryl methyl sites for hydroxylation is 1. The largest absolute Gasteiger partial charge is 0.354 e. The van der Waals surface area contributed by atoms with E-state index in [4.69, 9.17) is 0 Å². The van der Waals surface area contributed by atoms with E-state index < -0.39 is 34.3 Å². The summed E-state index contributed by atoms with van der Waals surface area (Å²) in [5.74, 6) is -1.29. The van der Waals surface area contributed by atoms with Gasteiger partial charge in [0, 0.05) is 13.1 Å². The minimum absolute atomic E-state index is 0.0181. The molecule has 0 aliphatic carbocycles. The minimum Gasteiger partial charge on any atom is -0.354 e. The third-order valence-corrected chi connectivity index (χ3v) is 7.89. The molecule has 0 spiro atoms. The van der Waals surface area contributed by atoms with Crippen molar-refractivity contribution in [2.45, 2.75) is 51.1 Å². The van der Waals surface area contributed by atoms with Gasteiger partial charge in [-0.05, 0) is 67.3 Å². The summed E-state index contributed by atoms with van der Waals surface area (Å²) in [7, 11) is -4.11. The number of hydrogen-bond acceptors (Lipinski definition) is 4. The van der Waals surface area contributed by atoms with E-state index in [1.165, 1.54) is 29.2 Å². The second-order valence-corrected chi connectivity index (χ2v) is 10.9. The number of carbonyl (C=O) groups is 2. The van der Waals surface area contributed by atoms with Gasteiger partial charge in [-0.15, -0.1) is 0 Å². The minimum atomic E-state index is -4.11. The highest BCUT2D eigenvalue weighted by Crippen LogP contribution is 2.25. The lowest BCUT2D eigenvalue weighted by molar-refractivity contribution is -0.140. The van der Waals surface area contributed by atoms with Crippen molar-refractivity contribution < 1.29 is 22.4 Å². The van der Waals surface area contributed by atoms with Gasteiger partial charge < -0.3 is 10.2 Å². The van der Waals surface area contributed by atoms with Crippen LogP contribution in [-0.4, -0.2) is 44.3 Å². The lowest BCUT2D eigenvalue weighted by atomic mass is 10.1. The van der Waals surface area contributed by atoms with E-state index in [-0.39, 0.29) is 17.3 Å². The zero-order valence-electron chi connectivity index (χ0n) is 21.9. The number of carbonyl (C=O) groups excluding carboxylic acids is 2. The van der Waals surface area contributed by atoms with Crippen molar-refractivity contribution in [3.05, 3.63) is 95.8 Å². The van der Waals surface area contributed by atoms with Crippen molar-refractivity contribution in [3.8, 4) is 0 Å². The molecule has 202 valence electrons. The Bertz CT molecular complexity index is 1330. The first-order valence-corrected chi connectivity index (χ1v) is 14.1. The molecular weight excluding hydrogens is 505 g/mol. The van der Waals surface area contributed by atoms with Crippen molar-refractivity contribution in [1.82, 2.24) is 10.2 Å². The molecule has 3 rings (SSSR count). The second kappa shape index (κ2) is 13.2. The smallest absolute Gasteiger partial charge is 0.264 e. The van der Waals surface area contributed by atoms with Gasteiger partial charge in [0.1, 0.15) is 18.4 Å². The molecule has 0 bridgehead atoms. The fourth-order valence-electron chi connectivity index (χ4n) is 4.10. The van der Waals surface area contributed by atoms with Gasteiger partial charge in [-0.2, -0.15) is 0 Å². The number of amides is 2. The van der Waals surface area contributed by atoms with Gasteiger partial charge in [0.2, 0.25) is 11.8 Å². The molecule has 38 heavy (non-hydrogen) atoms. The summed E-state index contributed by atoms with van der Waals surface area (Å²) in [6.07, 6.45) is 1.04. The number of rotatable bonds is 12. The van der Waals surface area contributed by atoms with Gasteiger partial charge >= 0.3 is 0 Å². The molecule has 0 aliphatic rings. The van der Waals surface area contributed by atoms with Crippen LogP contribution < -0.4 is 9.62 Å². The fraction of sp³-hybridized carbons (Fsp3) is 0.310. The zero-order chi connectivity index (χ0) is 27.7. The van der Waals surface area contributed by atoms with Gasteiger partial charge in [-0.25, -0.2) is 12.8 Å². The van der Waals surface area contributed by atoms with Crippen LogP contribution in [0.25, 0.3) is 0 Å². The second-order valence-electron chi connectivity index (χ2n) is 9.03. The Morgan fingerprint density at radius 3 is 2.24 bits per heavy atom. The van der Waals surface area contributed by atoms with Crippen molar-refractivity contribution in [1.29, 1.82) is 0 Å². The maximum absolute atomic E-state index is 13.9. The van der Waals surface area contributed by atoms with Crippen LogP contribution in [0.4, 0.5) is 10.1 Å². The summed E-state index contributed by atoms with van der Waals surface area (Å²) in [4.78, 5) is 28.4. The summed E-state index contributed by atoms with van der Waals surface area (Å²) in [6, 6.07) is 19.6. The van der Waals surface area contributed by atoms with Gasteiger partial charge in [0.05, 0.1) is 10.6 Å². The average Bonchev–Trinajstić information content (AvgIpc) is 2.91. The first-order chi connectivity index (χ1) is 18.2. The lowest BCUT2D eigenvalue weighted by Crippen LogP contribution is -2.52. The van der Waals surface area contributed by atoms with E-state index in [0.717, 1.165) is 16.3 Å². The Hall–Kier alpha value is -3.72. The van der Waals surface area contributed by atoms with Crippen molar-refractivity contribution >= 4 is 27.5 Å². The zero-order valence-corrected chi connectivity index (χ0v) is 22.7. The molecule has 1 N–H and O–H groups in total. The van der Waals surface area contributed by atoms with Crippen LogP contribution in [0, 0.1) is 12.7 Å². The summed E-state index contributed by atoms with van der Waals surface area (Å²) in [6.45, 7) is 5.51. The van der Waals surface area contributed by atoms with Crippen LogP contribution in [0.2, 0.25) is 0 Å². The van der Waals surface area contributed by atoms with E-state index in [0.29, 0.717) is 24.2 Å². The Kier molecular flexibility index (Phi) is 10.0. The molecule has 0 radical (unpaired) electrons. The number of hydrogen-bond donors (Lipinski definition) is 1. The predicted molar refractivity (Wildman–Crippen MR) is 146 cm³/mol. The molecule has 0 aromatic heterocycles. The van der Waals surface area contributed by atoms with Crippen LogP contribution in [-0.2, 0) is 26.2 Å². The van der Waals surface area contributed by atoms with E-state index in [1.54, 1.807) is 55.5 Å². The average molecular weight is 540 g/mol. The Labute approximate surface area is 224 Å². The molecule has 2 amide bonds. The standard InChI is InChI=1S/C29H34FN3O4S/c1-4-18-31-29(35)27(5-2)32(20-23-14-16-24(30)17-15-23)28(34)21-33(25-11-9-10-22(3)19-25)38(36,37)26-12-7-6-8-13-26/h6-17,19,27H,4-5,18,20-21H2,1-3H3,(H,31,35)/t27-/m1/s1. The monoisotopic (exact) mass is 539 g/mol. The van der Waals surface area contributed by atoms with E-state index in [1.807, 2.05) is 19.9 Å². The summed E-state index contributed by atoms with van der Waals surface area (Å²) < 4.78 is 42.1. The van der Waals surface area contributed by atoms with Crippen molar-refractivity contribution in [2.75, 3.05) is 17.4 Å². The summed E-state index contributed by atoms with van der Waals surface area (Å²) in [5, 5.41) is 2.84. The molecule has 7 nitrogen and oxygen atoms in total. The number of benzene rings is 3. The third kappa shape index (κ3) is 7.19. The molecule has 0 aliphatic heterocycles. The highest BCUT2D eigenvalue weighted by Gasteiger charge is 2.33. The molecular formula is C29H34FN3O4S. The number of halogens is 1. The topological polar surface area (TPSA) is 86.8 Å². The van der Waals surface area contributed by atoms with Crippen LogP contribution >= 0.6 is 0 Å². The summed E-state index contributed by atoms with van der Waals surface area (Å²) >= 11 is 0. The highest BCUT2D eigenvalue weighted by molar-refractivity contribution is 7.92. The van der Waals surface area contributed by atoms with Gasteiger partial charge in [-0.3, -0.25) is 13.9 Å². The van der Waals surface area contributed by atoms with Crippen molar-refractivity contribution in [3.63, 3.8) is 0 Å². The third-order valence-electron chi connectivity index (χ3n) is 6.10. The quantitative estimate of drug-likeness (QED) is 0.363. The van der Waals surface area contributed by atoms with Gasteiger partial charge in [-0.1, -0.05) is 56.3 Å². The van der Waals surface area contributed by atoms with Gasteiger partial charge in [0.25, 0.3) is 10.0 Å². The predicted octanol–water partition coefficient (Wildman–Crippen LogP) is 4.66. The van der Waals surface area contributed by atoms with Crippen LogP contribution in [0.3, 0.4) is 0 Å². The number of sulfonamides is 1. The molecule has 1 atom stereocenters. The maximum atomic E-state index is 13.9. The van der Waals surface area contributed by atoms with E-state index >= 15 is 0 Å². The number of nitrogens with one attached hydrogen (secondary N) is 1. The molecule has 0 unspecified atom stereocenters. The molecule has 0 heterocycles. The van der Waals surface area contributed by atoms with Crippen LogP contribution in [0.1, 0.15) is 37.8 Å². The molecule has 0 saturated heterocycles. The first-order valence-electron chi connectivity index (χ1n) is 12.6. The maximum Gasteiger partial charge on any atom is 0.264 e. The molecule has 3 aromatic carbocycles. The Morgan fingerprint density at radius 1 is 0.947 bits per heavy atom. The van der Waals surface area contributed by atoms with E-state index in [9.17, 15) is 22.4 Å². The highest BCUT2D eigenvalue weighted by atomic mass is 32.2. The normalized spacial score (nSPS) is 12.0. The van der Waals surface area contributed by atoms with Crippen LogP contribution in [0.5, 0.6) is 0 Å². The first kappa shape index (κ1) is 28.8. The number of nitrogens with zero attached hydrogens (tertiary/aromatic N) is 2. The van der Waals surface area contributed by atoms with E-state index in [2.05, 4.69) is 5.32 Å². The summed E-state index contributed by atoms with van der Waals surface area (Å²) in [5.41, 5.74) is 1.79. The fourth-order valence-corrected chi connectivity index (χ4v) is 5.53. The molecule has 9 heteroatoms. The lowest BCUT2D eigenvalue weighted by Gasteiger charge is -2.33. The SMILES string of the molecule is CCCNC(=O)[C@@H](CC)N(Cc1ccc(F)cc1)C(=O)CN(c1cccc(C)c1)S(=O)(=O)c1ccccc1.